The minimum absolute atomic E-state index is 0.0124. The number of amides is 1. The van der Waals surface area contributed by atoms with Crippen LogP contribution in [-0.4, -0.2) is 41.3 Å². The molecule has 8 heteroatoms. The van der Waals surface area contributed by atoms with Crippen LogP contribution in [0.25, 0.3) is 5.65 Å². The van der Waals surface area contributed by atoms with Gasteiger partial charge >= 0.3 is 0 Å². The third kappa shape index (κ3) is 4.17. The monoisotopic (exact) mass is 399 g/mol. The number of hydrogen-bond acceptors (Lipinski definition) is 5. The molecule has 1 fully saturated rings. The maximum atomic E-state index is 12.3. The highest BCUT2D eigenvalue weighted by Gasteiger charge is 2.29. The zero-order chi connectivity index (χ0) is 19.7. The molecule has 3 aromatic rings. The number of sulfone groups is 1. The molecule has 1 N–H and O–H groups in total. The summed E-state index contributed by atoms with van der Waals surface area (Å²) in [5, 5.41) is 2.78. The molecule has 1 saturated heterocycles. The molecule has 28 heavy (non-hydrogen) atoms. The van der Waals surface area contributed by atoms with Gasteiger partial charge in [0.1, 0.15) is 18.0 Å². The zero-order valence-corrected chi connectivity index (χ0v) is 16.3. The van der Waals surface area contributed by atoms with Crippen LogP contribution in [0.2, 0.25) is 0 Å². The van der Waals surface area contributed by atoms with E-state index < -0.39 is 9.84 Å². The zero-order valence-electron chi connectivity index (χ0n) is 15.5. The first-order chi connectivity index (χ1) is 13.4. The molecule has 3 heterocycles. The topological polar surface area (TPSA) is 89.8 Å². The summed E-state index contributed by atoms with van der Waals surface area (Å²) in [4.78, 5) is 16.8. The molecule has 2 aromatic heterocycles. The molecular weight excluding hydrogens is 378 g/mol. The summed E-state index contributed by atoms with van der Waals surface area (Å²) >= 11 is 0. The summed E-state index contributed by atoms with van der Waals surface area (Å²) < 4.78 is 30.7. The Morgan fingerprint density at radius 3 is 2.71 bits per heavy atom. The fraction of sp³-hybridized carbons (Fsp3) is 0.300. The van der Waals surface area contributed by atoms with E-state index in [2.05, 4.69) is 10.3 Å². The van der Waals surface area contributed by atoms with Crippen molar-refractivity contribution in [3.05, 3.63) is 65.6 Å². The lowest BCUT2D eigenvalue weighted by Crippen LogP contribution is -2.35. The van der Waals surface area contributed by atoms with Crippen LogP contribution in [0.3, 0.4) is 0 Å². The van der Waals surface area contributed by atoms with Crippen LogP contribution >= 0.6 is 0 Å². The molecule has 1 aliphatic heterocycles. The summed E-state index contributed by atoms with van der Waals surface area (Å²) in [6.45, 7) is 2.35. The molecule has 7 nitrogen and oxygen atoms in total. The van der Waals surface area contributed by atoms with Gasteiger partial charge in [-0.1, -0.05) is 6.07 Å². The van der Waals surface area contributed by atoms with Crippen molar-refractivity contribution in [2.45, 2.75) is 26.0 Å². The quantitative estimate of drug-likeness (QED) is 0.710. The number of aromatic nitrogens is 2. The fourth-order valence-corrected chi connectivity index (χ4v) is 4.94. The number of imidazole rings is 1. The van der Waals surface area contributed by atoms with Crippen LogP contribution in [0.1, 0.15) is 28.0 Å². The molecule has 0 spiro atoms. The smallest absolute Gasteiger partial charge is 0.251 e. The maximum absolute atomic E-state index is 12.3. The first-order valence-electron chi connectivity index (χ1n) is 9.06. The molecule has 0 aliphatic carbocycles. The van der Waals surface area contributed by atoms with E-state index in [1.165, 1.54) is 0 Å². The van der Waals surface area contributed by atoms with Crippen LogP contribution in [-0.2, 0) is 16.4 Å². The van der Waals surface area contributed by atoms with E-state index in [-0.39, 0.29) is 23.5 Å². The maximum Gasteiger partial charge on any atom is 0.251 e. The molecule has 1 aromatic carbocycles. The number of nitrogens with zero attached hydrogens (tertiary/aromatic N) is 2. The van der Waals surface area contributed by atoms with Crippen molar-refractivity contribution < 1.29 is 17.9 Å². The SMILES string of the molecule is Cc1ccc2nc(COc3ccc(C(=O)NC4CCS(=O)(=O)C4)cc3)cn2c1. The standard InChI is InChI=1S/C20H21N3O4S/c1-14-2-7-19-21-17(11-23(19)10-14)12-27-18-5-3-15(4-6-18)20(24)22-16-8-9-28(25,26)13-16/h2-7,10-11,16H,8-9,12-13H2,1H3,(H,22,24). The number of rotatable bonds is 5. The van der Waals surface area contributed by atoms with Gasteiger partial charge in [0, 0.05) is 24.0 Å². The van der Waals surface area contributed by atoms with Crippen LogP contribution < -0.4 is 10.1 Å². The average molecular weight is 399 g/mol. The van der Waals surface area contributed by atoms with Gasteiger partial charge in [0.15, 0.2) is 9.84 Å². The minimum Gasteiger partial charge on any atom is -0.487 e. The third-order valence-electron chi connectivity index (χ3n) is 4.72. The van der Waals surface area contributed by atoms with Crippen LogP contribution in [0.5, 0.6) is 5.75 Å². The fourth-order valence-electron chi connectivity index (χ4n) is 3.26. The van der Waals surface area contributed by atoms with Gasteiger partial charge < -0.3 is 14.5 Å². The number of carbonyl (C=O) groups is 1. The predicted molar refractivity (Wildman–Crippen MR) is 105 cm³/mol. The first-order valence-corrected chi connectivity index (χ1v) is 10.9. The third-order valence-corrected chi connectivity index (χ3v) is 6.49. The number of pyridine rings is 1. The Balaban J connectivity index is 1.35. The Bertz CT molecular complexity index is 1120. The first kappa shape index (κ1) is 18.5. The Morgan fingerprint density at radius 1 is 1.21 bits per heavy atom. The predicted octanol–water partition coefficient (Wildman–Crippen LogP) is 2.14. The van der Waals surface area contributed by atoms with Gasteiger partial charge in [-0.2, -0.15) is 0 Å². The van der Waals surface area contributed by atoms with Crippen molar-refractivity contribution in [3.8, 4) is 5.75 Å². The van der Waals surface area contributed by atoms with Crippen molar-refractivity contribution in [1.29, 1.82) is 0 Å². The molecule has 1 atom stereocenters. The van der Waals surface area contributed by atoms with E-state index in [0.29, 0.717) is 24.3 Å². The van der Waals surface area contributed by atoms with Crippen molar-refractivity contribution in [1.82, 2.24) is 14.7 Å². The second-order valence-electron chi connectivity index (χ2n) is 7.09. The highest BCUT2D eigenvalue weighted by molar-refractivity contribution is 7.91. The van der Waals surface area contributed by atoms with Crippen LogP contribution in [0.4, 0.5) is 0 Å². The number of fused-ring (bicyclic) bond motifs is 1. The number of hydrogen-bond donors (Lipinski definition) is 1. The average Bonchev–Trinajstić information content (AvgIpc) is 3.22. The Morgan fingerprint density at radius 2 is 2.00 bits per heavy atom. The number of benzene rings is 1. The van der Waals surface area contributed by atoms with E-state index in [0.717, 1.165) is 16.9 Å². The molecule has 1 unspecified atom stereocenters. The van der Waals surface area contributed by atoms with Crippen LogP contribution in [0.15, 0.2) is 48.8 Å². The van der Waals surface area contributed by atoms with Crippen molar-refractivity contribution in [3.63, 3.8) is 0 Å². The van der Waals surface area contributed by atoms with Crippen molar-refractivity contribution >= 4 is 21.4 Å². The second-order valence-corrected chi connectivity index (χ2v) is 9.32. The summed E-state index contributed by atoms with van der Waals surface area (Å²) in [5.41, 5.74) is 3.31. The number of nitrogens with one attached hydrogen (secondary N) is 1. The summed E-state index contributed by atoms with van der Waals surface area (Å²) in [6, 6.07) is 10.4. The number of aryl methyl sites for hydroxylation is 1. The molecule has 1 aliphatic rings. The lowest BCUT2D eigenvalue weighted by molar-refractivity contribution is 0.0941. The van der Waals surface area contributed by atoms with E-state index in [9.17, 15) is 13.2 Å². The highest BCUT2D eigenvalue weighted by Crippen LogP contribution is 2.16. The molecule has 146 valence electrons. The van der Waals surface area contributed by atoms with Gasteiger partial charge in [-0.3, -0.25) is 4.79 Å². The molecular formula is C20H21N3O4S. The molecule has 4 rings (SSSR count). The lowest BCUT2D eigenvalue weighted by atomic mass is 10.2. The number of carbonyl (C=O) groups excluding carboxylic acids is 1. The highest BCUT2D eigenvalue weighted by atomic mass is 32.2. The summed E-state index contributed by atoms with van der Waals surface area (Å²) in [6.07, 6.45) is 4.41. The van der Waals surface area contributed by atoms with Crippen molar-refractivity contribution in [2.75, 3.05) is 11.5 Å². The number of ether oxygens (including phenoxy) is 1. The van der Waals surface area contributed by atoms with Gasteiger partial charge in [0.25, 0.3) is 5.91 Å². The molecule has 0 saturated carbocycles. The van der Waals surface area contributed by atoms with Crippen molar-refractivity contribution in [2.24, 2.45) is 0 Å². The largest absolute Gasteiger partial charge is 0.487 e. The molecule has 1 amide bonds. The molecule has 0 bridgehead atoms. The van der Waals surface area contributed by atoms with Crippen LogP contribution in [0, 0.1) is 6.92 Å². The van der Waals surface area contributed by atoms with Gasteiger partial charge in [-0.25, -0.2) is 13.4 Å². The van der Waals surface area contributed by atoms with Gasteiger partial charge in [0.05, 0.1) is 17.2 Å². The van der Waals surface area contributed by atoms with E-state index in [4.69, 9.17) is 4.74 Å². The lowest BCUT2D eigenvalue weighted by Gasteiger charge is -2.11. The second kappa shape index (κ2) is 7.27. The van der Waals surface area contributed by atoms with Gasteiger partial charge in [-0.15, -0.1) is 0 Å². The van der Waals surface area contributed by atoms with Gasteiger partial charge in [0.2, 0.25) is 0 Å². The summed E-state index contributed by atoms with van der Waals surface area (Å²) in [7, 11) is -3.02. The van der Waals surface area contributed by atoms with E-state index in [1.807, 2.05) is 35.9 Å². The Kier molecular flexibility index (Phi) is 4.80. The van der Waals surface area contributed by atoms with E-state index in [1.54, 1.807) is 24.3 Å². The van der Waals surface area contributed by atoms with E-state index >= 15 is 0 Å². The minimum atomic E-state index is -3.02. The normalized spacial score (nSPS) is 18.2. The summed E-state index contributed by atoms with van der Waals surface area (Å²) in [5.74, 6) is 0.504. The Hall–Kier alpha value is -2.87. The molecule has 0 radical (unpaired) electrons. The van der Waals surface area contributed by atoms with Gasteiger partial charge in [-0.05, 0) is 49.2 Å². The Labute approximate surface area is 163 Å².